The van der Waals surface area contributed by atoms with Crippen molar-refractivity contribution in [2.75, 3.05) is 11.1 Å². The Morgan fingerprint density at radius 1 is 1.15 bits per heavy atom. The zero-order chi connectivity index (χ0) is 23.7. The largest absolute Gasteiger partial charge is 0.325 e. The number of nitrogens with one attached hydrogen (secondary N) is 1. The quantitative estimate of drug-likeness (QED) is 0.225. The molecule has 4 rings (SSSR count). The number of thioether (sulfide) groups is 1. The van der Waals surface area contributed by atoms with Crippen LogP contribution in [-0.2, 0) is 11.2 Å². The van der Waals surface area contributed by atoms with E-state index in [2.05, 4.69) is 28.2 Å². The van der Waals surface area contributed by atoms with E-state index in [1.165, 1.54) is 11.8 Å². The number of aromatic nitrogens is 2. The highest BCUT2D eigenvalue weighted by atomic mass is 79.9. The van der Waals surface area contributed by atoms with Gasteiger partial charge in [0.1, 0.15) is 4.83 Å². The van der Waals surface area contributed by atoms with Crippen LogP contribution in [0.1, 0.15) is 28.5 Å². The van der Waals surface area contributed by atoms with Gasteiger partial charge in [-0.05, 0) is 68.7 Å². The maximum atomic E-state index is 13.6. The number of fused-ring (bicyclic) bond motifs is 1. The molecular formula is C25H24BrN3O2S2. The number of carbonyl (C=O) groups is 1. The van der Waals surface area contributed by atoms with Gasteiger partial charge in [-0.2, -0.15) is 0 Å². The normalized spacial score (nSPS) is 11.2. The zero-order valence-electron chi connectivity index (χ0n) is 18.9. The molecule has 0 unspecified atom stereocenters. The highest BCUT2D eigenvalue weighted by Crippen LogP contribution is 2.31. The van der Waals surface area contributed by atoms with E-state index in [9.17, 15) is 9.59 Å². The molecule has 1 amide bonds. The van der Waals surface area contributed by atoms with Crippen LogP contribution in [0.15, 0.2) is 56.9 Å². The van der Waals surface area contributed by atoms with Crippen LogP contribution in [0.3, 0.4) is 0 Å². The van der Waals surface area contributed by atoms with Gasteiger partial charge in [0.05, 0.1) is 16.8 Å². The number of nitrogens with zero attached hydrogens (tertiary/aromatic N) is 2. The molecular weight excluding hydrogens is 518 g/mol. The fraction of sp³-hybridized carbons (Fsp3) is 0.240. The highest BCUT2D eigenvalue weighted by Gasteiger charge is 2.19. The third-order valence-corrected chi connectivity index (χ3v) is 8.20. The third kappa shape index (κ3) is 4.93. The molecule has 0 saturated carbocycles. The van der Waals surface area contributed by atoms with E-state index in [1.54, 1.807) is 15.9 Å². The Morgan fingerprint density at radius 2 is 1.88 bits per heavy atom. The molecule has 0 aliphatic rings. The monoisotopic (exact) mass is 541 g/mol. The molecule has 5 nitrogen and oxygen atoms in total. The smallest absolute Gasteiger partial charge is 0.267 e. The van der Waals surface area contributed by atoms with Crippen LogP contribution >= 0.6 is 39.0 Å². The summed E-state index contributed by atoms with van der Waals surface area (Å²) in [6.07, 6.45) is 0.855. The van der Waals surface area contributed by atoms with Crippen molar-refractivity contribution in [2.24, 2.45) is 0 Å². The first-order valence-electron chi connectivity index (χ1n) is 10.6. The summed E-state index contributed by atoms with van der Waals surface area (Å²) >= 11 is 6.27. The molecule has 0 radical (unpaired) electrons. The predicted octanol–water partition coefficient (Wildman–Crippen LogP) is 6.43. The summed E-state index contributed by atoms with van der Waals surface area (Å²) < 4.78 is 2.59. The Labute approximate surface area is 209 Å². The van der Waals surface area contributed by atoms with Gasteiger partial charge in [-0.25, -0.2) is 4.98 Å². The Morgan fingerprint density at radius 3 is 2.55 bits per heavy atom. The summed E-state index contributed by atoms with van der Waals surface area (Å²) in [7, 11) is 0. The Hall–Kier alpha value is -2.42. The maximum absolute atomic E-state index is 13.6. The third-order valence-electron chi connectivity index (χ3n) is 5.44. The molecule has 0 aliphatic heterocycles. The molecule has 2 heterocycles. The number of hydrogen-bond donors (Lipinski definition) is 1. The number of anilines is 1. The first-order valence-corrected chi connectivity index (χ1v) is 13.2. The summed E-state index contributed by atoms with van der Waals surface area (Å²) in [5.41, 5.74) is 4.50. The van der Waals surface area contributed by atoms with Gasteiger partial charge in [0, 0.05) is 15.0 Å². The maximum Gasteiger partial charge on any atom is 0.267 e. The van der Waals surface area contributed by atoms with E-state index in [-0.39, 0.29) is 17.2 Å². The van der Waals surface area contributed by atoms with Crippen molar-refractivity contribution in [3.8, 4) is 5.69 Å². The lowest BCUT2D eigenvalue weighted by Crippen LogP contribution is -2.23. The number of rotatable bonds is 6. The van der Waals surface area contributed by atoms with Crippen LogP contribution in [0.25, 0.3) is 15.9 Å². The van der Waals surface area contributed by atoms with Crippen molar-refractivity contribution in [3.63, 3.8) is 0 Å². The molecule has 0 fully saturated rings. The lowest BCUT2D eigenvalue weighted by atomic mass is 10.2. The van der Waals surface area contributed by atoms with Crippen LogP contribution in [0.4, 0.5) is 5.69 Å². The lowest BCUT2D eigenvalue weighted by Gasteiger charge is -2.13. The van der Waals surface area contributed by atoms with Gasteiger partial charge in [0.2, 0.25) is 5.91 Å². The number of halogens is 1. The molecule has 2 aromatic heterocycles. The number of hydrogen-bond acceptors (Lipinski definition) is 5. The van der Waals surface area contributed by atoms with Crippen LogP contribution in [0, 0.1) is 20.8 Å². The minimum absolute atomic E-state index is 0.0936. The molecule has 8 heteroatoms. The second kappa shape index (κ2) is 9.83. The van der Waals surface area contributed by atoms with Crippen LogP contribution in [-0.4, -0.2) is 21.2 Å². The number of carbonyl (C=O) groups excluding carboxylic acids is 1. The SMILES string of the molecule is CCc1sc2nc(SCC(=O)Nc3ccc(Br)cc3C)n(-c3ccc(C)cc3)c(=O)c2c1C. The van der Waals surface area contributed by atoms with Crippen LogP contribution in [0.2, 0.25) is 0 Å². The van der Waals surface area contributed by atoms with Crippen molar-refractivity contribution >= 4 is 60.8 Å². The van der Waals surface area contributed by atoms with E-state index >= 15 is 0 Å². The van der Waals surface area contributed by atoms with Gasteiger partial charge in [-0.1, -0.05) is 52.3 Å². The van der Waals surface area contributed by atoms with Crippen molar-refractivity contribution < 1.29 is 4.79 Å². The fourth-order valence-corrected chi connectivity index (χ4v) is 6.10. The lowest BCUT2D eigenvalue weighted by molar-refractivity contribution is -0.113. The molecule has 0 bridgehead atoms. The van der Waals surface area contributed by atoms with Crippen molar-refractivity contribution in [3.05, 3.63) is 78.9 Å². The Balaban J connectivity index is 1.71. The van der Waals surface area contributed by atoms with E-state index in [0.29, 0.717) is 10.5 Å². The van der Waals surface area contributed by atoms with Crippen molar-refractivity contribution in [1.82, 2.24) is 9.55 Å². The second-order valence-corrected chi connectivity index (χ2v) is 10.8. The number of aryl methyl sites for hydroxylation is 4. The molecule has 170 valence electrons. The second-order valence-electron chi connectivity index (χ2n) is 7.85. The van der Waals surface area contributed by atoms with Crippen molar-refractivity contribution in [1.29, 1.82) is 0 Å². The summed E-state index contributed by atoms with van der Waals surface area (Å²) in [6.45, 7) is 8.03. The average Bonchev–Trinajstić information content (AvgIpc) is 3.11. The van der Waals surface area contributed by atoms with E-state index in [0.717, 1.165) is 48.7 Å². The van der Waals surface area contributed by atoms with E-state index in [4.69, 9.17) is 4.98 Å². The van der Waals surface area contributed by atoms with Gasteiger partial charge < -0.3 is 5.32 Å². The Bertz CT molecular complexity index is 1410. The van der Waals surface area contributed by atoms with Gasteiger partial charge in [0.25, 0.3) is 5.56 Å². The molecule has 0 aliphatic carbocycles. The minimum Gasteiger partial charge on any atom is -0.325 e. The van der Waals surface area contributed by atoms with Gasteiger partial charge >= 0.3 is 0 Å². The highest BCUT2D eigenvalue weighted by molar-refractivity contribution is 9.10. The molecule has 33 heavy (non-hydrogen) atoms. The predicted molar refractivity (Wildman–Crippen MR) is 142 cm³/mol. The number of amides is 1. The summed E-state index contributed by atoms with van der Waals surface area (Å²) in [4.78, 5) is 33.0. The molecule has 4 aromatic rings. The number of thiophene rings is 1. The van der Waals surface area contributed by atoms with Gasteiger partial charge in [0.15, 0.2) is 5.16 Å². The van der Waals surface area contributed by atoms with Crippen LogP contribution in [0.5, 0.6) is 0 Å². The minimum atomic E-state index is -0.146. The average molecular weight is 543 g/mol. The first-order chi connectivity index (χ1) is 15.8. The summed E-state index contributed by atoms with van der Waals surface area (Å²) in [5, 5.41) is 4.14. The summed E-state index contributed by atoms with van der Waals surface area (Å²) in [6, 6.07) is 13.5. The molecule has 0 spiro atoms. The molecule has 0 atom stereocenters. The Kier molecular flexibility index (Phi) is 7.07. The topological polar surface area (TPSA) is 64.0 Å². The molecule has 2 aromatic carbocycles. The van der Waals surface area contributed by atoms with E-state index < -0.39 is 0 Å². The first kappa shape index (κ1) is 23.7. The zero-order valence-corrected chi connectivity index (χ0v) is 22.1. The van der Waals surface area contributed by atoms with Crippen molar-refractivity contribution in [2.45, 2.75) is 39.3 Å². The van der Waals surface area contributed by atoms with Gasteiger partial charge in [-0.15, -0.1) is 11.3 Å². The standard InChI is InChI=1S/C25H24BrN3O2S2/c1-5-20-16(4)22-23(33-20)28-25(29(24(22)31)18-9-6-14(2)7-10-18)32-13-21(30)27-19-11-8-17(26)12-15(19)3/h6-12H,5,13H2,1-4H3,(H,27,30). The van der Waals surface area contributed by atoms with E-state index in [1.807, 2.05) is 63.2 Å². The number of benzene rings is 2. The van der Waals surface area contributed by atoms with Crippen LogP contribution < -0.4 is 10.9 Å². The fourth-order valence-electron chi connectivity index (χ4n) is 3.65. The summed E-state index contributed by atoms with van der Waals surface area (Å²) in [5.74, 6) is -0.00329. The molecule has 0 saturated heterocycles. The molecule has 1 N–H and O–H groups in total. The van der Waals surface area contributed by atoms with Gasteiger partial charge in [-0.3, -0.25) is 14.2 Å².